The Hall–Kier alpha value is -1.67. The molecular weight excluding hydrogens is 220 g/mol. The predicted octanol–water partition coefficient (Wildman–Crippen LogP) is 3.40. The summed E-state index contributed by atoms with van der Waals surface area (Å²) in [4.78, 5) is 4.02. The van der Waals surface area contributed by atoms with E-state index in [0.717, 1.165) is 11.5 Å². The highest BCUT2D eigenvalue weighted by Crippen LogP contribution is 2.36. The van der Waals surface area contributed by atoms with Gasteiger partial charge >= 0.3 is 0 Å². The summed E-state index contributed by atoms with van der Waals surface area (Å²) in [5, 5.41) is 0. The molecule has 0 amide bonds. The number of nitrogens with zero attached hydrogens (tertiary/aromatic N) is 1. The number of pyridine rings is 1. The van der Waals surface area contributed by atoms with Gasteiger partial charge in [0.2, 0.25) is 0 Å². The Balaban J connectivity index is 1.80. The van der Waals surface area contributed by atoms with Gasteiger partial charge in [0.05, 0.1) is 6.04 Å². The first-order valence-corrected chi connectivity index (χ1v) is 6.60. The third-order valence-corrected chi connectivity index (χ3v) is 3.94. The van der Waals surface area contributed by atoms with Crippen molar-refractivity contribution in [2.75, 3.05) is 0 Å². The molecule has 2 N–H and O–H groups in total. The monoisotopic (exact) mass is 238 g/mol. The number of hydrogen-bond donors (Lipinski definition) is 1. The molecule has 1 aliphatic rings. The minimum Gasteiger partial charge on any atom is -0.320 e. The summed E-state index contributed by atoms with van der Waals surface area (Å²) in [5.41, 5.74) is 10.0. The van der Waals surface area contributed by atoms with Crippen LogP contribution in [0.25, 0.3) is 0 Å². The van der Waals surface area contributed by atoms with Crippen LogP contribution in [0.1, 0.15) is 47.9 Å². The highest BCUT2D eigenvalue weighted by atomic mass is 14.7. The van der Waals surface area contributed by atoms with E-state index < -0.39 is 0 Å². The Labute approximate surface area is 108 Å². The van der Waals surface area contributed by atoms with E-state index in [4.69, 9.17) is 5.73 Å². The Morgan fingerprint density at radius 2 is 1.56 bits per heavy atom. The Kier molecular flexibility index (Phi) is 3.11. The Morgan fingerprint density at radius 3 is 2.11 bits per heavy atom. The molecule has 1 aromatic carbocycles. The molecule has 1 aromatic heterocycles. The van der Waals surface area contributed by atoms with Crippen LogP contribution in [-0.4, -0.2) is 4.98 Å². The van der Waals surface area contributed by atoms with Crippen molar-refractivity contribution in [3.05, 3.63) is 65.5 Å². The van der Waals surface area contributed by atoms with E-state index in [-0.39, 0.29) is 6.04 Å². The predicted molar refractivity (Wildman–Crippen MR) is 73.3 cm³/mol. The lowest BCUT2D eigenvalue weighted by molar-refractivity contribution is 0.419. The lowest BCUT2D eigenvalue weighted by atomic mass is 9.80. The Morgan fingerprint density at radius 1 is 0.944 bits per heavy atom. The second kappa shape index (κ2) is 4.91. The van der Waals surface area contributed by atoms with Gasteiger partial charge in [0, 0.05) is 12.4 Å². The van der Waals surface area contributed by atoms with Gasteiger partial charge in [-0.25, -0.2) is 0 Å². The van der Waals surface area contributed by atoms with Crippen molar-refractivity contribution in [1.82, 2.24) is 4.98 Å². The highest BCUT2D eigenvalue weighted by molar-refractivity contribution is 5.33. The molecule has 1 aliphatic carbocycles. The van der Waals surface area contributed by atoms with Gasteiger partial charge in [-0.15, -0.1) is 0 Å². The van der Waals surface area contributed by atoms with Gasteiger partial charge in [-0.1, -0.05) is 30.7 Å². The molecule has 2 nitrogen and oxygen atoms in total. The summed E-state index contributed by atoms with van der Waals surface area (Å²) < 4.78 is 0. The zero-order valence-corrected chi connectivity index (χ0v) is 10.4. The van der Waals surface area contributed by atoms with Gasteiger partial charge in [-0.3, -0.25) is 4.98 Å². The third-order valence-electron chi connectivity index (χ3n) is 3.94. The summed E-state index contributed by atoms with van der Waals surface area (Å²) in [6.07, 6.45) is 7.64. The molecule has 1 fully saturated rings. The first-order chi connectivity index (χ1) is 8.84. The topological polar surface area (TPSA) is 38.9 Å². The molecule has 0 bridgehead atoms. The van der Waals surface area contributed by atoms with Crippen LogP contribution in [0.2, 0.25) is 0 Å². The maximum Gasteiger partial charge on any atom is 0.0552 e. The summed E-state index contributed by atoms with van der Waals surface area (Å²) in [7, 11) is 0. The second-order valence-corrected chi connectivity index (χ2v) is 5.05. The maximum atomic E-state index is 6.26. The van der Waals surface area contributed by atoms with E-state index in [1.54, 1.807) is 12.4 Å². The SMILES string of the molecule is NC(c1ccncc1)c1ccc(C2CCC2)cc1. The molecule has 0 aliphatic heterocycles. The fourth-order valence-electron chi connectivity index (χ4n) is 2.48. The average molecular weight is 238 g/mol. The van der Waals surface area contributed by atoms with Crippen molar-refractivity contribution in [2.45, 2.75) is 31.2 Å². The molecule has 1 heterocycles. The molecule has 1 atom stereocenters. The highest BCUT2D eigenvalue weighted by Gasteiger charge is 2.19. The van der Waals surface area contributed by atoms with Crippen LogP contribution in [0.5, 0.6) is 0 Å². The van der Waals surface area contributed by atoms with Crippen LogP contribution in [0.4, 0.5) is 0 Å². The standard InChI is InChI=1S/C16H18N2/c17-16(15-8-10-18-11-9-15)14-6-4-13(5-7-14)12-2-1-3-12/h4-12,16H,1-3,17H2. The minimum atomic E-state index is -0.0524. The van der Waals surface area contributed by atoms with Crippen LogP contribution in [0.3, 0.4) is 0 Å². The number of rotatable bonds is 3. The fourth-order valence-corrected chi connectivity index (χ4v) is 2.48. The molecular formula is C16H18N2. The van der Waals surface area contributed by atoms with E-state index in [1.807, 2.05) is 12.1 Å². The molecule has 3 rings (SSSR count). The molecule has 2 heteroatoms. The third kappa shape index (κ3) is 2.16. The van der Waals surface area contributed by atoms with E-state index in [2.05, 4.69) is 29.2 Å². The van der Waals surface area contributed by atoms with Crippen LogP contribution in [-0.2, 0) is 0 Å². The quantitative estimate of drug-likeness (QED) is 0.890. The molecule has 0 spiro atoms. The number of benzene rings is 1. The summed E-state index contributed by atoms with van der Waals surface area (Å²) >= 11 is 0. The smallest absolute Gasteiger partial charge is 0.0552 e. The van der Waals surface area contributed by atoms with Crippen LogP contribution in [0.15, 0.2) is 48.8 Å². The van der Waals surface area contributed by atoms with E-state index in [1.165, 1.54) is 30.4 Å². The first kappa shape index (κ1) is 11.4. The van der Waals surface area contributed by atoms with Gasteiger partial charge in [-0.2, -0.15) is 0 Å². The molecule has 0 saturated heterocycles. The average Bonchev–Trinajstić information content (AvgIpc) is 2.38. The van der Waals surface area contributed by atoms with Gasteiger partial charge in [0.1, 0.15) is 0 Å². The second-order valence-electron chi connectivity index (χ2n) is 5.05. The van der Waals surface area contributed by atoms with Crippen molar-refractivity contribution in [2.24, 2.45) is 5.73 Å². The van der Waals surface area contributed by atoms with Crippen LogP contribution >= 0.6 is 0 Å². The minimum absolute atomic E-state index is 0.0524. The molecule has 0 radical (unpaired) electrons. The summed E-state index contributed by atoms with van der Waals surface area (Å²) in [6.45, 7) is 0. The van der Waals surface area contributed by atoms with Crippen molar-refractivity contribution >= 4 is 0 Å². The normalized spacial score (nSPS) is 17.2. The van der Waals surface area contributed by atoms with Gasteiger partial charge in [-0.05, 0) is 47.6 Å². The lowest BCUT2D eigenvalue weighted by Gasteiger charge is -2.26. The zero-order chi connectivity index (χ0) is 12.4. The van der Waals surface area contributed by atoms with Gasteiger partial charge in [0.15, 0.2) is 0 Å². The molecule has 92 valence electrons. The molecule has 2 aromatic rings. The summed E-state index contributed by atoms with van der Waals surface area (Å²) in [5.74, 6) is 0.788. The van der Waals surface area contributed by atoms with Crippen molar-refractivity contribution in [1.29, 1.82) is 0 Å². The van der Waals surface area contributed by atoms with E-state index >= 15 is 0 Å². The van der Waals surface area contributed by atoms with Crippen molar-refractivity contribution < 1.29 is 0 Å². The van der Waals surface area contributed by atoms with Crippen LogP contribution in [0, 0.1) is 0 Å². The van der Waals surface area contributed by atoms with Gasteiger partial charge < -0.3 is 5.73 Å². The van der Waals surface area contributed by atoms with E-state index in [0.29, 0.717) is 0 Å². The Bertz CT molecular complexity index is 500. The van der Waals surface area contributed by atoms with Gasteiger partial charge in [0.25, 0.3) is 0 Å². The number of aromatic nitrogens is 1. The van der Waals surface area contributed by atoms with Crippen LogP contribution < -0.4 is 5.73 Å². The van der Waals surface area contributed by atoms with Crippen molar-refractivity contribution in [3.63, 3.8) is 0 Å². The zero-order valence-electron chi connectivity index (χ0n) is 10.4. The largest absolute Gasteiger partial charge is 0.320 e. The maximum absolute atomic E-state index is 6.26. The molecule has 1 unspecified atom stereocenters. The number of hydrogen-bond acceptors (Lipinski definition) is 2. The first-order valence-electron chi connectivity index (χ1n) is 6.60. The fraction of sp³-hybridized carbons (Fsp3) is 0.312. The number of nitrogens with two attached hydrogens (primary N) is 1. The lowest BCUT2D eigenvalue weighted by Crippen LogP contribution is -2.13. The molecule has 18 heavy (non-hydrogen) atoms. The van der Waals surface area contributed by atoms with Crippen molar-refractivity contribution in [3.8, 4) is 0 Å². The van der Waals surface area contributed by atoms with E-state index in [9.17, 15) is 0 Å². The summed E-state index contributed by atoms with van der Waals surface area (Å²) in [6, 6.07) is 12.7. The molecule has 1 saturated carbocycles.